The van der Waals surface area contributed by atoms with E-state index in [4.69, 9.17) is 11.6 Å². The molecular formula is C7H11ClO. The number of hydrogen-bond acceptors (Lipinski definition) is 1. The van der Waals surface area contributed by atoms with Crippen LogP contribution in [0.25, 0.3) is 0 Å². The summed E-state index contributed by atoms with van der Waals surface area (Å²) in [6.45, 7) is 5.13. The zero-order valence-corrected chi connectivity index (χ0v) is 6.70. The van der Waals surface area contributed by atoms with E-state index >= 15 is 0 Å². The van der Waals surface area contributed by atoms with Gasteiger partial charge >= 0.3 is 0 Å². The number of carbonyl (C=O) groups excluding carboxylic acids is 1. The Kier molecular flexibility index (Phi) is 3.55. The standard InChI is InChI=1S/C7H11ClO/c1-5(7(3)9)4-6(2)8/h4,6H,1-3H3/b5-4+. The Morgan fingerprint density at radius 1 is 1.56 bits per heavy atom. The molecule has 0 rings (SSSR count). The lowest BCUT2D eigenvalue weighted by Gasteiger charge is -1.94. The van der Waals surface area contributed by atoms with E-state index in [0.29, 0.717) is 0 Å². The highest BCUT2D eigenvalue weighted by atomic mass is 35.5. The Bertz CT molecular complexity index is 136. The fourth-order valence-electron chi connectivity index (χ4n) is 0.462. The molecule has 0 aliphatic heterocycles. The van der Waals surface area contributed by atoms with Crippen molar-refractivity contribution in [3.8, 4) is 0 Å². The quantitative estimate of drug-likeness (QED) is 0.431. The highest BCUT2D eigenvalue weighted by molar-refractivity contribution is 6.21. The normalized spacial score (nSPS) is 15.3. The van der Waals surface area contributed by atoms with Crippen LogP contribution in [0.15, 0.2) is 11.6 Å². The van der Waals surface area contributed by atoms with Gasteiger partial charge in [0, 0.05) is 5.38 Å². The maximum atomic E-state index is 10.6. The van der Waals surface area contributed by atoms with E-state index in [1.165, 1.54) is 6.92 Å². The molecule has 1 atom stereocenters. The third-order valence-corrected chi connectivity index (χ3v) is 1.16. The van der Waals surface area contributed by atoms with Crippen molar-refractivity contribution >= 4 is 17.4 Å². The average Bonchev–Trinajstić information content (AvgIpc) is 1.63. The molecule has 0 aromatic carbocycles. The molecule has 0 saturated heterocycles. The first-order chi connectivity index (χ1) is 4.04. The summed E-state index contributed by atoms with van der Waals surface area (Å²) in [4.78, 5) is 10.6. The summed E-state index contributed by atoms with van der Waals surface area (Å²) in [6, 6.07) is 0. The van der Waals surface area contributed by atoms with E-state index in [0.717, 1.165) is 5.57 Å². The maximum Gasteiger partial charge on any atom is 0.155 e. The van der Waals surface area contributed by atoms with Crippen molar-refractivity contribution in [3.05, 3.63) is 11.6 Å². The molecule has 1 nitrogen and oxygen atoms in total. The zero-order valence-electron chi connectivity index (χ0n) is 5.94. The molecule has 0 aromatic rings. The molecule has 0 spiro atoms. The van der Waals surface area contributed by atoms with Crippen LogP contribution < -0.4 is 0 Å². The molecule has 0 saturated carbocycles. The second kappa shape index (κ2) is 3.67. The van der Waals surface area contributed by atoms with E-state index in [1.807, 2.05) is 6.92 Å². The molecular weight excluding hydrogens is 136 g/mol. The van der Waals surface area contributed by atoms with Gasteiger partial charge in [0.15, 0.2) is 5.78 Å². The van der Waals surface area contributed by atoms with E-state index in [2.05, 4.69) is 0 Å². The minimum atomic E-state index is -0.0473. The third-order valence-electron chi connectivity index (χ3n) is 1.03. The van der Waals surface area contributed by atoms with Gasteiger partial charge in [-0.1, -0.05) is 6.08 Å². The number of alkyl halides is 1. The van der Waals surface area contributed by atoms with Gasteiger partial charge in [0.05, 0.1) is 0 Å². The molecule has 0 bridgehead atoms. The van der Waals surface area contributed by atoms with Gasteiger partial charge in [-0.2, -0.15) is 0 Å². The fraction of sp³-hybridized carbons (Fsp3) is 0.571. The van der Waals surface area contributed by atoms with Gasteiger partial charge in [0.25, 0.3) is 0 Å². The third kappa shape index (κ3) is 4.22. The highest BCUT2D eigenvalue weighted by Crippen LogP contribution is 2.01. The molecule has 0 heterocycles. The lowest BCUT2D eigenvalue weighted by Crippen LogP contribution is -1.94. The van der Waals surface area contributed by atoms with Crippen molar-refractivity contribution in [2.45, 2.75) is 26.1 Å². The van der Waals surface area contributed by atoms with Crippen molar-refractivity contribution in [1.29, 1.82) is 0 Å². The minimum Gasteiger partial charge on any atom is -0.295 e. The average molecular weight is 147 g/mol. The maximum absolute atomic E-state index is 10.6. The Balaban J connectivity index is 4.00. The molecule has 0 N–H and O–H groups in total. The predicted octanol–water partition coefficient (Wildman–Crippen LogP) is 2.15. The molecule has 0 radical (unpaired) electrons. The summed E-state index contributed by atoms with van der Waals surface area (Å²) >= 11 is 5.59. The number of ketones is 1. The summed E-state index contributed by atoms with van der Waals surface area (Å²) in [6.07, 6.45) is 1.74. The van der Waals surface area contributed by atoms with Crippen LogP contribution in [0.3, 0.4) is 0 Å². The van der Waals surface area contributed by atoms with Gasteiger partial charge in [-0.15, -0.1) is 11.6 Å². The van der Waals surface area contributed by atoms with Crippen LogP contribution in [0, 0.1) is 0 Å². The van der Waals surface area contributed by atoms with Crippen molar-refractivity contribution in [1.82, 2.24) is 0 Å². The molecule has 0 aromatic heterocycles. The van der Waals surface area contributed by atoms with Crippen LogP contribution in [-0.4, -0.2) is 11.2 Å². The van der Waals surface area contributed by atoms with Crippen molar-refractivity contribution < 1.29 is 4.79 Å². The second-order valence-electron chi connectivity index (χ2n) is 2.08. The van der Waals surface area contributed by atoms with Crippen LogP contribution >= 0.6 is 11.6 Å². The van der Waals surface area contributed by atoms with Gasteiger partial charge in [-0.25, -0.2) is 0 Å². The van der Waals surface area contributed by atoms with Crippen molar-refractivity contribution in [2.24, 2.45) is 0 Å². The van der Waals surface area contributed by atoms with Crippen LogP contribution in [0.5, 0.6) is 0 Å². The van der Waals surface area contributed by atoms with Crippen LogP contribution in [0.1, 0.15) is 20.8 Å². The van der Waals surface area contributed by atoms with E-state index in [1.54, 1.807) is 13.0 Å². The molecule has 0 aliphatic carbocycles. The molecule has 2 heteroatoms. The topological polar surface area (TPSA) is 17.1 Å². The van der Waals surface area contributed by atoms with E-state index in [9.17, 15) is 4.79 Å². The molecule has 52 valence electrons. The largest absolute Gasteiger partial charge is 0.295 e. The number of carbonyl (C=O) groups is 1. The molecule has 0 fully saturated rings. The summed E-state index contributed by atoms with van der Waals surface area (Å²) in [5.74, 6) is 0.0856. The minimum absolute atomic E-state index is 0.0473. The van der Waals surface area contributed by atoms with Crippen molar-refractivity contribution in [3.63, 3.8) is 0 Å². The predicted molar refractivity (Wildman–Crippen MR) is 39.8 cm³/mol. The summed E-state index contributed by atoms with van der Waals surface area (Å²) in [5, 5.41) is -0.0473. The van der Waals surface area contributed by atoms with Crippen LogP contribution in [0.4, 0.5) is 0 Å². The van der Waals surface area contributed by atoms with Crippen LogP contribution in [0.2, 0.25) is 0 Å². The molecule has 0 amide bonds. The Hall–Kier alpha value is -0.300. The first-order valence-electron chi connectivity index (χ1n) is 2.87. The number of allylic oxidation sites excluding steroid dienone is 2. The fourth-order valence-corrected chi connectivity index (χ4v) is 0.651. The molecule has 1 unspecified atom stereocenters. The Morgan fingerprint density at radius 2 is 2.00 bits per heavy atom. The molecule has 0 aliphatic rings. The Labute approximate surface area is 60.7 Å². The van der Waals surface area contributed by atoms with Gasteiger partial charge in [-0.3, -0.25) is 4.79 Å². The first-order valence-corrected chi connectivity index (χ1v) is 3.31. The SMILES string of the molecule is CC(=O)/C(C)=C/C(C)Cl. The van der Waals surface area contributed by atoms with Gasteiger partial charge < -0.3 is 0 Å². The smallest absolute Gasteiger partial charge is 0.155 e. The zero-order chi connectivity index (χ0) is 7.44. The van der Waals surface area contributed by atoms with Crippen molar-refractivity contribution in [2.75, 3.05) is 0 Å². The summed E-state index contributed by atoms with van der Waals surface area (Å²) in [7, 11) is 0. The summed E-state index contributed by atoms with van der Waals surface area (Å²) < 4.78 is 0. The second-order valence-corrected chi connectivity index (χ2v) is 2.77. The van der Waals surface area contributed by atoms with Gasteiger partial charge in [0.1, 0.15) is 0 Å². The lowest BCUT2D eigenvalue weighted by atomic mass is 10.2. The first kappa shape index (κ1) is 8.70. The number of halogens is 1. The number of hydrogen-bond donors (Lipinski definition) is 0. The Morgan fingerprint density at radius 3 is 2.11 bits per heavy atom. The number of Topliss-reactive ketones (excluding diaryl/α,β-unsaturated/α-hetero) is 1. The van der Waals surface area contributed by atoms with E-state index in [-0.39, 0.29) is 11.2 Å². The number of rotatable bonds is 2. The monoisotopic (exact) mass is 146 g/mol. The van der Waals surface area contributed by atoms with Crippen LogP contribution in [-0.2, 0) is 4.79 Å². The molecule has 9 heavy (non-hydrogen) atoms. The summed E-state index contributed by atoms with van der Waals surface area (Å²) in [5.41, 5.74) is 0.734. The highest BCUT2D eigenvalue weighted by Gasteiger charge is 1.96. The van der Waals surface area contributed by atoms with Gasteiger partial charge in [-0.05, 0) is 26.3 Å². The lowest BCUT2D eigenvalue weighted by molar-refractivity contribution is -0.113. The van der Waals surface area contributed by atoms with E-state index < -0.39 is 0 Å². The van der Waals surface area contributed by atoms with Gasteiger partial charge in [0.2, 0.25) is 0 Å².